The van der Waals surface area contributed by atoms with E-state index >= 15 is 0 Å². The molecule has 0 spiro atoms. The highest BCUT2D eigenvalue weighted by atomic mass is 32.1. The van der Waals surface area contributed by atoms with Crippen LogP contribution in [0.25, 0.3) is 21.3 Å². The fourth-order valence-corrected chi connectivity index (χ4v) is 5.25. The third-order valence-electron chi connectivity index (χ3n) is 4.82. The normalized spacial score (nSPS) is 14.3. The lowest BCUT2D eigenvalue weighted by molar-refractivity contribution is -0.135. The Hall–Kier alpha value is -2.86. The van der Waals surface area contributed by atoms with Crippen molar-refractivity contribution in [3.05, 3.63) is 49.4 Å². The molecule has 1 aliphatic heterocycles. The van der Waals surface area contributed by atoms with Crippen LogP contribution in [0.3, 0.4) is 0 Å². The van der Waals surface area contributed by atoms with E-state index in [9.17, 15) is 18.0 Å². The molecule has 0 bridgehead atoms. The number of fused-ring (bicyclic) bond motifs is 3. The summed E-state index contributed by atoms with van der Waals surface area (Å²) in [5.41, 5.74) is 2.38. The molecule has 154 valence electrons. The first kappa shape index (κ1) is 19.1. The maximum absolute atomic E-state index is 13.1. The standard InChI is InChI=1S/C18H13F3N6OS2/c1-26-13-10(14-16(26)25-12(30-14)5-9-3-2-4-22-9)6-24-27(17(13)28)7-11-15(18(19,20)21)29-8-23-11/h3-4,6,8H,2,5,7H2,1H3. The van der Waals surface area contributed by atoms with Crippen LogP contribution >= 0.6 is 22.7 Å². The van der Waals surface area contributed by atoms with Crippen molar-refractivity contribution >= 4 is 50.1 Å². The Kier molecular flexibility index (Phi) is 4.36. The number of allylic oxidation sites excluding steroid dienone is 2. The maximum Gasteiger partial charge on any atom is 0.427 e. The summed E-state index contributed by atoms with van der Waals surface area (Å²) in [6.07, 6.45) is 2.31. The molecule has 0 N–H and O–H groups in total. The highest BCUT2D eigenvalue weighted by Gasteiger charge is 2.36. The molecule has 30 heavy (non-hydrogen) atoms. The van der Waals surface area contributed by atoms with Crippen molar-refractivity contribution in [2.75, 3.05) is 0 Å². The summed E-state index contributed by atoms with van der Waals surface area (Å²) in [7, 11) is 1.72. The molecule has 0 aromatic carbocycles. The number of alkyl halides is 3. The van der Waals surface area contributed by atoms with Crippen molar-refractivity contribution in [3.63, 3.8) is 0 Å². The second-order valence-electron chi connectivity index (χ2n) is 6.73. The molecule has 1 aliphatic rings. The third-order valence-corrected chi connectivity index (χ3v) is 6.81. The minimum Gasteiger partial charge on any atom is -0.323 e. The number of rotatable bonds is 4. The minimum absolute atomic E-state index is 0.219. The third kappa shape index (κ3) is 3.06. The minimum atomic E-state index is -4.52. The van der Waals surface area contributed by atoms with E-state index in [4.69, 9.17) is 0 Å². The Bertz CT molecular complexity index is 1410. The average molecular weight is 450 g/mol. The van der Waals surface area contributed by atoms with Gasteiger partial charge in [0.05, 0.1) is 28.6 Å². The van der Waals surface area contributed by atoms with E-state index in [1.165, 1.54) is 17.5 Å². The Morgan fingerprint density at radius 3 is 2.87 bits per heavy atom. The zero-order chi connectivity index (χ0) is 21.0. The largest absolute Gasteiger partial charge is 0.427 e. The number of hydrogen-bond donors (Lipinski definition) is 0. The van der Waals surface area contributed by atoms with Gasteiger partial charge in [-0.3, -0.25) is 9.79 Å². The van der Waals surface area contributed by atoms with Gasteiger partial charge in [0.15, 0.2) is 5.65 Å². The molecule has 0 radical (unpaired) electrons. The van der Waals surface area contributed by atoms with E-state index in [1.807, 2.05) is 12.3 Å². The number of thiazole rings is 2. The molecule has 0 unspecified atom stereocenters. The van der Waals surface area contributed by atoms with E-state index in [0.29, 0.717) is 34.3 Å². The van der Waals surface area contributed by atoms with Gasteiger partial charge in [0.1, 0.15) is 15.4 Å². The molecule has 0 saturated carbocycles. The van der Waals surface area contributed by atoms with Gasteiger partial charge in [-0.25, -0.2) is 14.6 Å². The Morgan fingerprint density at radius 2 is 2.13 bits per heavy atom. The van der Waals surface area contributed by atoms with Crippen LogP contribution in [0.15, 0.2) is 33.3 Å². The molecule has 5 rings (SSSR count). The first-order valence-electron chi connectivity index (χ1n) is 8.88. The predicted molar refractivity (Wildman–Crippen MR) is 109 cm³/mol. The lowest BCUT2D eigenvalue weighted by atomic mass is 10.3. The number of nitrogens with zero attached hydrogens (tertiary/aromatic N) is 6. The van der Waals surface area contributed by atoms with E-state index < -0.39 is 16.6 Å². The van der Waals surface area contributed by atoms with Gasteiger partial charge in [-0.15, -0.1) is 22.7 Å². The first-order chi connectivity index (χ1) is 14.3. The van der Waals surface area contributed by atoms with E-state index in [1.54, 1.807) is 11.6 Å². The molecule has 5 heterocycles. The van der Waals surface area contributed by atoms with Crippen molar-refractivity contribution < 1.29 is 13.2 Å². The number of aryl methyl sites for hydroxylation is 1. The zero-order valence-electron chi connectivity index (χ0n) is 15.5. The molecular formula is C18H13F3N6OS2. The summed E-state index contributed by atoms with van der Waals surface area (Å²) in [6, 6.07) is 0. The van der Waals surface area contributed by atoms with Gasteiger partial charge in [0.25, 0.3) is 5.56 Å². The van der Waals surface area contributed by atoms with Crippen LogP contribution in [0.1, 0.15) is 22.0 Å². The van der Waals surface area contributed by atoms with Crippen molar-refractivity contribution in [2.24, 2.45) is 12.0 Å². The van der Waals surface area contributed by atoms with Gasteiger partial charge in [-0.05, 0) is 0 Å². The van der Waals surface area contributed by atoms with E-state index in [0.717, 1.165) is 32.0 Å². The molecule has 0 fully saturated rings. The van der Waals surface area contributed by atoms with Crippen molar-refractivity contribution in [1.29, 1.82) is 0 Å². The summed E-state index contributed by atoms with van der Waals surface area (Å²) in [6.45, 7) is -0.350. The molecular weight excluding hydrogens is 437 g/mol. The maximum atomic E-state index is 13.1. The zero-order valence-corrected chi connectivity index (χ0v) is 17.1. The number of halogens is 3. The first-order valence-corrected chi connectivity index (χ1v) is 10.6. The highest BCUT2D eigenvalue weighted by Crippen LogP contribution is 2.35. The van der Waals surface area contributed by atoms with Crippen LogP contribution in [0.5, 0.6) is 0 Å². The number of aromatic nitrogens is 5. The van der Waals surface area contributed by atoms with Gasteiger partial charge in [-0.1, -0.05) is 6.08 Å². The molecule has 0 atom stereocenters. The van der Waals surface area contributed by atoms with E-state index in [2.05, 4.69) is 20.1 Å². The van der Waals surface area contributed by atoms with E-state index in [-0.39, 0.29) is 12.2 Å². The Balaban J connectivity index is 1.56. The summed E-state index contributed by atoms with van der Waals surface area (Å²) < 4.78 is 42.9. The fourth-order valence-electron chi connectivity index (χ4n) is 3.46. The number of hydrogen-bond acceptors (Lipinski definition) is 7. The topological polar surface area (TPSA) is 78.0 Å². The molecule has 0 amide bonds. The van der Waals surface area contributed by atoms with Crippen molar-refractivity contribution in [3.8, 4) is 0 Å². The lowest BCUT2D eigenvalue weighted by Crippen LogP contribution is -2.25. The molecule has 0 aliphatic carbocycles. The molecule has 12 heteroatoms. The van der Waals surface area contributed by atoms with Crippen LogP contribution in [0, 0.1) is 0 Å². The molecule has 4 aromatic heterocycles. The quantitative estimate of drug-likeness (QED) is 0.474. The smallest absolute Gasteiger partial charge is 0.323 e. The fraction of sp³-hybridized carbons (Fsp3) is 0.278. The van der Waals surface area contributed by atoms with Crippen LogP contribution in [0.4, 0.5) is 13.2 Å². The summed E-state index contributed by atoms with van der Waals surface area (Å²) in [4.78, 5) is 24.9. The predicted octanol–water partition coefficient (Wildman–Crippen LogP) is 3.77. The van der Waals surface area contributed by atoms with Gasteiger partial charge in [-0.2, -0.15) is 18.3 Å². The average Bonchev–Trinajstić information content (AvgIpc) is 3.45. The Labute approximate surface area is 174 Å². The van der Waals surface area contributed by atoms with Crippen molar-refractivity contribution in [1.82, 2.24) is 24.3 Å². The summed E-state index contributed by atoms with van der Waals surface area (Å²) in [5.74, 6) is 0. The SMILES string of the molecule is Cn1c2nc(CC3=CCC=N3)sc2c2cnn(Cc3ncsc3C(F)(F)F)c(=O)c21. The molecule has 4 aromatic rings. The number of aliphatic imine (C=N–C) groups is 1. The van der Waals surface area contributed by atoms with Crippen LogP contribution < -0.4 is 5.56 Å². The van der Waals surface area contributed by atoms with Gasteiger partial charge >= 0.3 is 6.18 Å². The van der Waals surface area contributed by atoms with Crippen LogP contribution in [0.2, 0.25) is 0 Å². The lowest BCUT2D eigenvalue weighted by Gasteiger charge is -2.08. The van der Waals surface area contributed by atoms with Gasteiger partial charge in [0.2, 0.25) is 0 Å². The highest BCUT2D eigenvalue weighted by molar-refractivity contribution is 7.19. The van der Waals surface area contributed by atoms with Crippen LogP contribution in [-0.4, -0.2) is 30.5 Å². The van der Waals surface area contributed by atoms with Crippen LogP contribution in [-0.2, 0) is 26.2 Å². The van der Waals surface area contributed by atoms with Gasteiger partial charge in [0, 0.05) is 37.2 Å². The molecule has 7 nitrogen and oxygen atoms in total. The second kappa shape index (κ2) is 6.84. The second-order valence-corrected chi connectivity index (χ2v) is 8.67. The summed E-state index contributed by atoms with van der Waals surface area (Å²) in [5, 5.41) is 5.63. The Morgan fingerprint density at radius 1 is 1.30 bits per heavy atom. The monoisotopic (exact) mass is 450 g/mol. The summed E-state index contributed by atoms with van der Waals surface area (Å²) >= 11 is 1.97. The molecule has 0 saturated heterocycles. The van der Waals surface area contributed by atoms with Gasteiger partial charge < -0.3 is 4.57 Å². The van der Waals surface area contributed by atoms with Crippen molar-refractivity contribution in [2.45, 2.75) is 25.6 Å².